The van der Waals surface area contributed by atoms with Crippen LogP contribution in [0.25, 0.3) is 0 Å². The maximum Gasteiger partial charge on any atom is 0.254 e. The first-order chi connectivity index (χ1) is 13.6. The average molecular weight is 414 g/mol. The van der Waals surface area contributed by atoms with Gasteiger partial charge in [0.1, 0.15) is 0 Å². The van der Waals surface area contributed by atoms with Gasteiger partial charge in [0.25, 0.3) is 5.91 Å². The van der Waals surface area contributed by atoms with Gasteiger partial charge in [0.2, 0.25) is 0 Å². The van der Waals surface area contributed by atoms with Crippen molar-refractivity contribution in [3.63, 3.8) is 0 Å². The van der Waals surface area contributed by atoms with Gasteiger partial charge in [0, 0.05) is 18.2 Å². The van der Waals surface area contributed by atoms with Crippen LogP contribution >= 0.6 is 0 Å². The molecule has 1 aliphatic rings. The Morgan fingerprint density at radius 3 is 2.07 bits per heavy atom. The van der Waals surface area contributed by atoms with Gasteiger partial charge < -0.3 is 4.90 Å². The van der Waals surface area contributed by atoms with Crippen molar-refractivity contribution in [2.75, 3.05) is 11.5 Å². The smallest absolute Gasteiger partial charge is 0.254 e. The van der Waals surface area contributed by atoms with Crippen LogP contribution in [0.2, 0.25) is 0 Å². The Morgan fingerprint density at radius 1 is 1.00 bits per heavy atom. The largest absolute Gasteiger partial charge is 0.330 e. The van der Waals surface area contributed by atoms with E-state index in [2.05, 4.69) is 39.8 Å². The maximum atomic E-state index is 13.4. The molecule has 0 N–H and O–H groups in total. The maximum absolute atomic E-state index is 13.4. The standard InChI is InChI=1S/C24H31NO3S/c1-5-18-6-8-19(9-7-18)16-25(22-14-15-29(27,28)17-22)23(26)20-10-12-21(13-11-20)24(2,3)4/h6-13,22H,5,14-17H2,1-4H3. The van der Waals surface area contributed by atoms with Gasteiger partial charge in [0.05, 0.1) is 11.5 Å². The van der Waals surface area contributed by atoms with E-state index in [9.17, 15) is 13.2 Å². The molecule has 0 spiro atoms. The van der Waals surface area contributed by atoms with Crippen LogP contribution < -0.4 is 0 Å². The molecule has 1 fully saturated rings. The molecule has 1 aliphatic heterocycles. The highest BCUT2D eigenvalue weighted by Gasteiger charge is 2.35. The van der Waals surface area contributed by atoms with E-state index in [1.807, 2.05) is 36.4 Å². The molecule has 1 amide bonds. The van der Waals surface area contributed by atoms with Crippen LogP contribution in [-0.4, -0.2) is 36.8 Å². The molecule has 0 aliphatic carbocycles. The fourth-order valence-corrected chi connectivity index (χ4v) is 5.47. The number of benzene rings is 2. The number of nitrogens with zero attached hydrogens (tertiary/aromatic N) is 1. The van der Waals surface area contributed by atoms with Crippen LogP contribution in [0.4, 0.5) is 0 Å². The van der Waals surface area contributed by atoms with Crippen LogP contribution in [0.3, 0.4) is 0 Å². The highest BCUT2D eigenvalue weighted by Crippen LogP contribution is 2.25. The minimum absolute atomic E-state index is 0.0157. The predicted molar refractivity (Wildman–Crippen MR) is 118 cm³/mol. The van der Waals surface area contributed by atoms with Crippen molar-refractivity contribution in [2.24, 2.45) is 0 Å². The monoisotopic (exact) mass is 413 g/mol. The quantitative estimate of drug-likeness (QED) is 0.731. The molecule has 1 unspecified atom stereocenters. The number of carbonyl (C=O) groups excluding carboxylic acids is 1. The zero-order chi connectivity index (χ0) is 21.2. The second-order valence-corrected chi connectivity index (χ2v) is 11.2. The molecule has 29 heavy (non-hydrogen) atoms. The van der Waals surface area contributed by atoms with E-state index in [4.69, 9.17) is 0 Å². The van der Waals surface area contributed by atoms with Crippen LogP contribution in [0, 0.1) is 0 Å². The minimum atomic E-state index is -3.08. The van der Waals surface area contributed by atoms with Gasteiger partial charge in [-0.2, -0.15) is 0 Å². The molecule has 0 bridgehead atoms. The Balaban J connectivity index is 1.88. The summed E-state index contributed by atoms with van der Waals surface area (Å²) in [7, 11) is -3.08. The molecule has 0 aromatic heterocycles. The van der Waals surface area contributed by atoms with E-state index < -0.39 is 9.84 Å². The average Bonchev–Trinajstić information content (AvgIpc) is 3.05. The molecular formula is C24H31NO3S. The molecule has 5 heteroatoms. The van der Waals surface area contributed by atoms with Crippen molar-refractivity contribution in [1.82, 2.24) is 4.90 Å². The third-order valence-corrected chi connectivity index (χ3v) is 7.44. The number of hydrogen-bond acceptors (Lipinski definition) is 3. The van der Waals surface area contributed by atoms with Crippen molar-refractivity contribution in [3.8, 4) is 0 Å². The Labute approximate surface area is 174 Å². The number of carbonyl (C=O) groups is 1. The van der Waals surface area contributed by atoms with E-state index in [1.54, 1.807) is 4.90 Å². The molecule has 0 radical (unpaired) electrons. The van der Waals surface area contributed by atoms with Gasteiger partial charge in [-0.15, -0.1) is 0 Å². The first-order valence-corrected chi connectivity index (χ1v) is 12.1. The Kier molecular flexibility index (Phi) is 6.18. The van der Waals surface area contributed by atoms with Crippen molar-refractivity contribution in [1.29, 1.82) is 0 Å². The number of sulfone groups is 1. The molecule has 3 rings (SSSR count). The molecular weight excluding hydrogens is 382 g/mol. The van der Waals surface area contributed by atoms with Crippen molar-refractivity contribution >= 4 is 15.7 Å². The Bertz CT molecular complexity index is 955. The van der Waals surface area contributed by atoms with Crippen molar-refractivity contribution in [3.05, 3.63) is 70.8 Å². The lowest BCUT2D eigenvalue weighted by molar-refractivity contribution is 0.0681. The topological polar surface area (TPSA) is 54.5 Å². The van der Waals surface area contributed by atoms with E-state index in [-0.39, 0.29) is 28.9 Å². The van der Waals surface area contributed by atoms with E-state index in [0.717, 1.165) is 12.0 Å². The zero-order valence-corrected chi connectivity index (χ0v) is 18.6. The molecule has 1 atom stereocenters. The van der Waals surface area contributed by atoms with Crippen LogP contribution in [-0.2, 0) is 28.2 Å². The van der Waals surface area contributed by atoms with Crippen molar-refractivity contribution in [2.45, 2.75) is 58.5 Å². The van der Waals surface area contributed by atoms with Gasteiger partial charge >= 0.3 is 0 Å². The van der Waals surface area contributed by atoms with Crippen molar-refractivity contribution < 1.29 is 13.2 Å². The molecule has 4 nitrogen and oxygen atoms in total. The third-order valence-electron chi connectivity index (χ3n) is 5.69. The molecule has 2 aromatic carbocycles. The van der Waals surface area contributed by atoms with Gasteiger partial charge in [-0.3, -0.25) is 4.79 Å². The normalized spacial score (nSPS) is 18.6. The highest BCUT2D eigenvalue weighted by atomic mass is 32.2. The number of aryl methyl sites for hydroxylation is 1. The van der Waals surface area contributed by atoms with E-state index >= 15 is 0 Å². The summed E-state index contributed by atoms with van der Waals surface area (Å²) in [6.07, 6.45) is 1.46. The SMILES string of the molecule is CCc1ccc(CN(C(=O)c2ccc(C(C)(C)C)cc2)C2CCS(=O)(=O)C2)cc1. The first-order valence-electron chi connectivity index (χ1n) is 10.3. The molecule has 0 saturated carbocycles. The van der Waals surface area contributed by atoms with E-state index in [0.29, 0.717) is 18.5 Å². The predicted octanol–water partition coefficient (Wildman–Crippen LogP) is 4.38. The van der Waals surface area contributed by atoms with Gasteiger partial charge in [-0.05, 0) is 47.1 Å². The second-order valence-electron chi connectivity index (χ2n) is 8.99. The lowest BCUT2D eigenvalue weighted by Crippen LogP contribution is -2.40. The fraction of sp³-hybridized carbons (Fsp3) is 0.458. The summed E-state index contributed by atoms with van der Waals surface area (Å²) in [5, 5.41) is 0. The molecule has 1 heterocycles. The van der Waals surface area contributed by atoms with Gasteiger partial charge in [0.15, 0.2) is 9.84 Å². The summed E-state index contributed by atoms with van der Waals surface area (Å²) in [5.74, 6) is 0.0949. The van der Waals surface area contributed by atoms with Crippen LogP contribution in [0.1, 0.15) is 61.2 Å². The third kappa shape index (κ3) is 5.27. The summed E-state index contributed by atoms with van der Waals surface area (Å²) < 4.78 is 24.1. The lowest BCUT2D eigenvalue weighted by Gasteiger charge is -2.29. The molecule has 1 saturated heterocycles. The van der Waals surface area contributed by atoms with Crippen LogP contribution in [0.5, 0.6) is 0 Å². The number of hydrogen-bond donors (Lipinski definition) is 0. The summed E-state index contributed by atoms with van der Waals surface area (Å²) >= 11 is 0. The number of rotatable bonds is 5. The van der Waals surface area contributed by atoms with Crippen LogP contribution in [0.15, 0.2) is 48.5 Å². The summed E-state index contributed by atoms with van der Waals surface area (Å²) in [4.78, 5) is 15.1. The van der Waals surface area contributed by atoms with Gasteiger partial charge in [-0.1, -0.05) is 64.1 Å². The second kappa shape index (κ2) is 8.31. The first kappa shape index (κ1) is 21.6. The fourth-order valence-electron chi connectivity index (χ4n) is 3.74. The zero-order valence-electron chi connectivity index (χ0n) is 17.8. The summed E-state index contributed by atoms with van der Waals surface area (Å²) in [6, 6.07) is 15.6. The summed E-state index contributed by atoms with van der Waals surface area (Å²) in [6.45, 7) is 8.94. The Hall–Kier alpha value is -2.14. The molecule has 2 aromatic rings. The lowest BCUT2D eigenvalue weighted by atomic mass is 9.86. The van der Waals surface area contributed by atoms with Gasteiger partial charge in [-0.25, -0.2) is 8.42 Å². The minimum Gasteiger partial charge on any atom is -0.330 e. The van der Waals surface area contributed by atoms with E-state index in [1.165, 1.54) is 11.1 Å². The molecule has 156 valence electrons. The highest BCUT2D eigenvalue weighted by molar-refractivity contribution is 7.91. The summed E-state index contributed by atoms with van der Waals surface area (Å²) in [5.41, 5.74) is 4.05. The number of amides is 1. The Morgan fingerprint density at radius 2 is 1.59 bits per heavy atom.